The summed E-state index contributed by atoms with van der Waals surface area (Å²) in [6, 6.07) is 18.7. The van der Waals surface area contributed by atoms with E-state index in [4.69, 9.17) is 28.2 Å². The average Bonchev–Trinajstić information content (AvgIpc) is 2.82. The van der Waals surface area contributed by atoms with Crippen molar-refractivity contribution in [2.45, 2.75) is 25.8 Å². The van der Waals surface area contributed by atoms with Crippen LogP contribution in [0.3, 0.4) is 0 Å². The van der Waals surface area contributed by atoms with Gasteiger partial charge in [0.15, 0.2) is 0 Å². The third kappa shape index (κ3) is 5.81. The first kappa shape index (κ1) is 23.0. The van der Waals surface area contributed by atoms with Gasteiger partial charge in [0.05, 0.1) is 5.57 Å². The second-order valence-corrected chi connectivity index (χ2v) is 8.71. The number of hydrogen-bond acceptors (Lipinski definition) is 4. The summed E-state index contributed by atoms with van der Waals surface area (Å²) in [5.74, 6) is 0.477. The number of benzene rings is 2. The summed E-state index contributed by atoms with van der Waals surface area (Å²) in [7, 11) is 0. The number of nitrogens with zero attached hydrogens (tertiary/aromatic N) is 2. The summed E-state index contributed by atoms with van der Waals surface area (Å²) < 4.78 is 0. The van der Waals surface area contributed by atoms with Crippen molar-refractivity contribution in [2.75, 3.05) is 6.54 Å². The standard InChI is InChI=1S/C26H24Cl2N4O/c1-17-23(26(33)30-12-5-9-18-7-3-2-4-8-18)24(20-13-21(27)15-22(28)14-20)32-25(31-17)19-10-6-11-29-16-19/h2-4,6-8,10-11,13-16,24H,5,9,12H2,1H3,(H,30,33)(H,31,32). The highest BCUT2D eigenvalue weighted by Gasteiger charge is 2.30. The Labute approximate surface area is 203 Å². The van der Waals surface area contributed by atoms with E-state index in [9.17, 15) is 4.79 Å². The highest BCUT2D eigenvalue weighted by molar-refractivity contribution is 6.34. The summed E-state index contributed by atoms with van der Waals surface area (Å²) in [6.45, 7) is 2.44. The molecule has 0 radical (unpaired) electrons. The molecule has 2 heterocycles. The van der Waals surface area contributed by atoms with E-state index in [2.05, 4.69) is 27.8 Å². The highest BCUT2D eigenvalue weighted by Crippen LogP contribution is 2.34. The van der Waals surface area contributed by atoms with Crippen LogP contribution < -0.4 is 10.6 Å². The fourth-order valence-corrected chi connectivity index (χ4v) is 4.37. The molecule has 2 aromatic carbocycles. The SMILES string of the molecule is CC1=C(C(=O)NCCCc2ccccc2)C(c2cc(Cl)cc(Cl)c2)N=C(c2cccnc2)N1. The molecule has 2 N–H and O–H groups in total. The van der Waals surface area contributed by atoms with Crippen molar-refractivity contribution in [3.63, 3.8) is 0 Å². The molecular weight excluding hydrogens is 455 g/mol. The molecule has 168 valence electrons. The lowest BCUT2D eigenvalue weighted by Gasteiger charge is -2.27. The number of amidine groups is 1. The van der Waals surface area contributed by atoms with Crippen LogP contribution in [-0.2, 0) is 11.2 Å². The Bertz CT molecular complexity index is 1170. The predicted octanol–water partition coefficient (Wildman–Crippen LogP) is 5.50. The van der Waals surface area contributed by atoms with E-state index in [0.717, 1.165) is 29.7 Å². The van der Waals surface area contributed by atoms with E-state index in [1.165, 1.54) is 5.56 Å². The van der Waals surface area contributed by atoms with Gasteiger partial charge in [-0.05, 0) is 61.2 Å². The zero-order valence-corrected chi connectivity index (χ0v) is 19.7. The summed E-state index contributed by atoms with van der Waals surface area (Å²) in [5, 5.41) is 7.31. The maximum Gasteiger partial charge on any atom is 0.251 e. The van der Waals surface area contributed by atoms with Gasteiger partial charge in [-0.3, -0.25) is 14.8 Å². The van der Waals surface area contributed by atoms with Crippen LogP contribution in [0.25, 0.3) is 0 Å². The lowest BCUT2D eigenvalue weighted by molar-refractivity contribution is -0.117. The first-order valence-electron chi connectivity index (χ1n) is 10.8. The van der Waals surface area contributed by atoms with Crippen LogP contribution in [0.1, 0.15) is 36.1 Å². The van der Waals surface area contributed by atoms with Crippen LogP contribution in [0, 0.1) is 0 Å². The van der Waals surface area contributed by atoms with E-state index in [1.807, 2.05) is 37.3 Å². The molecule has 0 saturated carbocycles. The number of aromatic nitrogens is 1. The van der Waals surface area contributed by atoms with E-state index in [1.54, 1.807) is 30.6 Å². The molecule has 0 aliphatic carbocycles. The van der Waals surface area contributed by atoms with Crippen LogP contribution in [0.4, 0.5) is 0 Å². The van der Waals surface area contributed by atoms with Crippen LogP contribution in [0.2, 0.25) is 10.0 Å². The zero-order valence-electron chi connectivity index (χ0n) is 18.2. The minimum Gasteiger partial charge on any atom is -0.352 e. The van der Waals surface area contributed by atoms with Crippen molar-refractivity contribution >= 4 is 34.9 Å². The summed E-state index contributed by atoms with van der Waals surface area (Å²) in [5.41, 5.74) is 4.10. The summed E-state index contributed by atoms with van der Waals surface area (Å²) in [6.07, 6.45) is 5.18. The van der Waals surface area contributed by atoms with Gasteiger partial charge in [-0.2, -0.15) is 0 Å². The number of allylic oxidation sites excluding steroid dienone is 1. The number of aryl methyl sites for hydroxylation is 1. The van der Waals surface area contributed by atoms with E-state index in [0.29, 0.717) is 28.0 Å². The molecule has 0 fully saturated rings. The number of carbonyl (C=O) groups excluding carboxylic acids is 1. The van der Waals surface area contributed by atoms with Crippen molar-refractivity contribution in [1.82, 2.24) is 15.6 Å². The van der Waals surface area contributed by atoms with Gasteiger partial charge in [-0.1, -0.05) is 53.5 Å². The molecule has 1 aliphatic rings. The normalized spacial score (nSPS) is 15.6. The third-order valence-corrected chi connectivity index (χ3v) is 5.83. The minimum absolute atomic E-state index is 0.164. The number of rotatable bonds is 7. The average molecular weight is 479 g/mol. The predicted molar refractivity (Wildman–Crippen MR) is 134 cm³/mol. The maximum atomic E-state index is 13.3. The van der Waals surface area contributed by atoms with Gasteiger partial charge < -0.3 is 10.6 Å². The van der Waals surface area contributed by atoms with Crippen molar-refractivity contribution in [1.29, 1.82) is 0 Å². The Kier molecular flexibility index (Phi) is 7.43. The van der Waals surface area contributed by atoms with Gasteiger partial charge in [0.1, 0.15) is 11.9 Å². The molecule has 1 atom stereocenters. The zero-order chi connectivity index (χ0) is 23.2. The van der Waals surface area contributed by atoms with Crippen molar-refractivity contribution in [2.24, 2.45) is 4.99 Å². The molecule has 3 aromatic rings. The van der Waals surface area contributed by atoms with E-state index in [-0.39, 0.29) is 5.91 Å². The largest absolute Gasteiger partial charge is 0.352 e. The number of nitrogens with one attached hydrogen (secondary N) is 2. The fraction of sp³-hybridized carbons (Fsp3) is 0.192. The van der Waals surface area contributed by atoms with Crippen molar-refractivity contribution < 1.29 is 4.79 Å². The first-order valence-corrected chi connectivity index (χ1v) is 11.5. The van der Waals surface area contributed by atoms with Crippen LogP contribution in [0.5, 0.6) is 0 Å². The van der Waals surface area contributed by atoms with E-state index < -0.39 is 6.04 Å². The lowest BCUT2D eigenvalue weighted by atomic mass is 9.94. The summed E-state index contributed by atoms with van der Waals surface area (Å²) >= 11 is 12.5. The molecule has 1 aromatic heterocycles. The molecule has 0 bridgehead atoms. The lowest BCUT2D eigenvalue weighted by Crippen LogP contribution is -2.36. The van der Waals surface area contributed by atoms with Gasteiger partial charge in [0.2, 0.25) is 0 Å². The molecule has 0 saturated heterocycles. The number of amides is 1. The van der Waals surface area contributed by atoms with Gasteiger partial charge in [-0.25, -0.2) is 0 Å². The smallest absolute Gasteiger partial charge is 0.251 e. The Hall–Kier alpha value is -3.15. The molecule has 33 heavy (non-hydrogen) atoms. The number of pyridine rings is 1. The quantitative estimate of drug-likeness (QED) is 0.440. The second-order valence-electron chi connectivity index (χ2n) is 7.83. The molecule has 1 unspecified atom stereocenters. The van der Waals surface area contributed by atoms with Gasteiger partial charge in [0, 0.05) is 40.2 Å². The molecule has 4 rings (SSSR count). The Morgan fingerprint density at radius 2 is 1.82 bits per heavy atom. The number of aliphatic imine (C=N–C) groups is 1. The minimum atomic E-state index is -0.549. The molecule has 1 aliphatic heterocycles. The number of hydrogen-bond donors (Lipinski definition) is 2. The topological polar surface area (TPSA) is 66.4 Å². The van der Waals surface area contributed by atoms with Crippen molar-refractivity contribution in [3.05, 3.63) is 111 Å². The highest BCUT2D eigenvalue weighted by atomic mass is 35.5. The third-order valence-electron chi connectivity index (χ3n) is 5.39. The Morgan fingerprint density at radius 1 is 1.06 bits per heavy atom. The van der Waals surface area contributed by atoms with Gasteiger partial charge in [-0.15, -0.1) is 0 Å². The molecule has 5 nitrogen and oxygen atoms in total. The van der Waals surface area contributed by atoms with Crippen LogP contribution in [-0.4, -0.2) is 23.3 Å². The van der Waals surface area contributed by atoms with Gasteiger partial charge in [0.25, 0.3) is 5.91 Å². The first-order chi connectivity index (χ1) is 16.0. The Morgan fingerprint density at radius 3 is 2.52 bits per heavy atom. The van der Waals surface area contributed by atoms with Crippen LogP contribution >= 0.6 is 23.2 Å². The van der Waals surface area contributed by atoms with Crippen LogP contribution in [0.15, 0.2) is 89.3 Å². The molecule has 7 heteroatoms. The maximum absolute atomic E-state index is 13.3. The molecular formula is C26H24Cl2N4O. The fourth-order valence-electron chi connectivity index (χ4n) is 3.83. The number of halogens is 2. The summed E-state index contributed by atoms with van der Waals surface area (Å²) in [4.78, 5) is 22.3. The van der Waals surface area contributed by atoms with Crippen molar-refractivity contribution in [3.8, 4) is 0 Å². The Balaban J connectivity index is 1.57. The second kappa shape index (κ2) is 10.6. The molecule has 0 spiro atoms. The molecule has 1 amide bonds. The van der Waals surface area contributed by atoms with E-state index >= 15 is 0 Å². The number of carbonyl (C=O) groups is 1. The van der Waals surface area contributed by atoms with Gasteiger partial charge >= 0.3 is 0 Å². The monoisotopic (exact) mass is 478 g/mol.